The molecule has 18 heteroatoms. The van der Waals surface area contributed by atoms with Crippen LogP contribution in [0.3, 0.4) is 0 Å². The molecule has 0 bridgehead atoms. The van der Waals surface area contributed by atoms with Gasteiger partial charge in [-0.1, -0.05) is 45.9 Å². The summed E-state index contributed by atoms with van der Waals surface area (Å²) in [7, 11) is -4.51. The number of ether oxygens (including phenoxy) is 1. The summed E-state index contributed by atoms with van der Waals surface area (Å²) < 4.78 is 20.5. The standard InChI is InChI=1S/C13H21O5P.3Na.9H2O/c1-9(2)11-6-5-7-12(10(3)4)13(11)17-8-18-19(14,15)16;;;;;;;;;;;;/h5-7,9-10H,8H2,1-4H3,(H2,14,15,16);;;;9*1H2/q;3*+1;;;;;;;;;. The van der Waals surface area contributed by atoms with E-state index in [0.29, 0.717) is 5.75 Å². The number of hydrogen-bond donors (Lipinski definition) is 2. The fourth-order valence-electron chi connectivity index (χ4n) is 1.80. The summed E-state index contributed by atoms with van der Waals surface area (Å²) in [6, 6.07) is 5.86. The summed E-state index contributed by atoms with van der Waals surface area (Å²) in [5.74, 6) is 1.16. The van der Waals surface area contributed by atoms with Gasteiger partial charge in [0.15, 0.2) is 6.79 Å². The van der Waals surface area contributed by atoms with E-state index in [-0.39, 0.29) is 150 Å². The molecule has 0 saturated carbocycles. The first-order chi connectivity index (χ1) is 8.72. The number of phosphoric ester groups is 1. The predicted octanol–water partition coefficient (Wildman–Crippen LogP) is -13.0. The summed E-state index contributed by atoms with van der Waals surface area (Å²) in [6.07, 6.45) is 0. The van der Waals surface area contributed by atoms with Crippen molar-refractivity contribution in [1.29, 1.82) is 0 Å². The van der Waals surface area contributed by atoms with E-state index in [9.17, 15) is 4.57 Å². The molecule has 0 amide bonds. The number of para-hydroxylation sites is 1. The fourth-order valence-corrected chi connectivity index (χ4v) is 1.99. The molecule has 0 radical (unpaired) electrons. The number of rotatable bonds is 6. The van der Waals surface area contributed by atoms with Crippen molar-refractivity contribution < 1.29 is 162 Å². The second-order valence-corrected chi connectivity index (χ2v) is 6.20. The SMILES string of the molecule is CC(C)c1cccc(C(C)C)c1OCOP(=O)(O)O.O.O.O.O.O.O.O.O.O.[Na+].[Na+].[Na+]. The third-order valence-corrected chi connectivity index (χ3v) is 3.19. The molecule has 0 spiro atoms. The minimum atomic E-state index is -4.51. The van der Waals surface area contributed by atoms with Crippen molar-refractivity contribution in [3.8, 4) is 5.75 Å². The van der Waals surface area contributed by atoms with Gasteiger partial charge >= 0.3 is 96.5 Å². The van der Waals surface area contributed by atoms with Crippen LogP contribution in [0.1, 0.15) is 50.7 Å². The molecule has 0 aromatic heterocycles. The maximum atomic E-state index is 10.7. The van der Waals surface area contributed by atoms with Crippen LogP contribution in [0.25, 0.3) is 0 Å². The van der Waals surface area contributed by atoms with Crippen LogP contribution < -0.4 is 93.4 Å². The molecule has 31 heavy (non-hydrogen) atoms. The number of benzene rings is 1. The van der Waals surface area contributed by atoms with Crippen molar-refractivity contribution in [2.75, 3.05) is 6.79 Å². The Hall–Kier alpha value is 1.77. The van der Waals surface area contributed by atoms with Gasteiger partial charge in [-0.05, 0) is 23.0 Å². The minimum Gasteiger partial charge on any atom is -0.466 e. The molecule has 1 aromatic carbocycles. The average Bonchev–Trinajstić information content (AvgIpc) is 2.26. The van der Waals surface area contributed by atoms with E-state index in [2.05, 4.69) is 4.52 Å². The number of phosphoric acid groups is 1. The quantitative estimate of drug-likeness (QED) is 0.209. The van der Waals surface area contributed by atoms with Crippen LogP contribution in [0.5, 0.6) is 5.75 Å². The first-order valence-corrected chi connectivity index (χ1v) is 7.71. The van der Waals surface area contributed by atoms with Gasteiger partial charge in [0.05, 0.1) is 0 Å². The Morgan fingerprint density at radius 2 is 1.03 bits per heavy atom. The van der Waals surface area contributed by atoms with Gasteiger partial charge in [-0.15, -0.1) is 0 Å². The van der Waals surface area contributed by atoms with Gasteiger partial charge in [-0.25, -0.2) is 9.09 Å². The van der Waals surface area contributed by atoms with Crippen LogP contribution in [0.15, 0.2) is 18.2 Å². The summed E-state index contributed by atoms with van der Waals surface area (Å²) in [4.78, 5) is 17.3. The summed E-state index contributed by atoms with van der Waals surface area (Å²) in [6.45, 7) is 7.69. The van der Waals surface area contributed by atoms with Gasteiger partial charge in [0.1, 0.15) is 5.75 Å². The van der Waals surface area contributed by atoms with Crippen molar-refractivity contribution >= 4 is 7.82 Å². The third-order valence-electron chi connectivity index (χ3n) is 2.74. The Labute approximate surface area is 248 Å². The van der Waals surface area contributed by atoms with Crippen LogP contribution in [0.2, 0.25) is 0 Å². The molecule has 1 aromatic rings. The summed E-state index contributed by atoms with van der Waals surface area (Å²) in [5, 5.41) is 0. The van der Waals surface area contributed by atoms with E-state index in [1.54, 1.807) is 0 Å². The third kappa shape index (κ3) is 29.7. The molecule has 0 fully saturated rings. The van der Waals surface area contributed by atoms with E-state index >= 15 is 0 Å². The fraction of sp³-hybridized carbons (Fsp3) is 0.538. The summed E-state index contributed by atoms with van der Waals surface area (Å²) >= 11 is 0. The van der Waals surface area contributed by atoms with Gasteiger partial charge in [0, 0.05) is 0 Å². The van der Waals surface area contributed by atoms with E-state index in [4.69, 9.17) is 14.5 Å². The Morgan fingerprint density at radius 1 is 0.742 bits per heavy atom. The monoisotopic (exact) mass is 519 g/mol. The molecule has 14 nitrogen and oxygen atoms in total. The van der Waals surface area contributed by atoms with Crippen molar-refractivity contribution in [3.63, 3.8) is 0 Å². The van der Waals surface area contributed by atoms with Crippen molar-refractivity contribution in [2.24, 2.45) is 0 Å². The molecule has 0 atom stereocenters. The average molecular weight is 519 g/mol. The van der Waals surface area contributed by atoms with E-state index < -0.39 is 14.6 Å². The molecule has 0 saturated heterocycles. The molecule has 180 valence electrons. The Balaban J connectivity index is -0.0000000301. The molecular formula is C13H39Na3O14P+3. The number of hydrogen-bond acceptors (Lipinski definition) is 3. The van der Waals surface area contributed by atoms with E-state index in [1.165, 1.54) is 0 Å². The van der Waals surface area contributed by atoms with Crippen molar-refractivity contribution in [3.05, 3.63) is 29.3 Å². The van der Waals surface area contributed by atoms with Gasteiger partial charge < -0.3 is 63.8 Å². The van der Waals surface area contributed by atoms with Gasteiger partial charge in [0.25, 0.3) is 0 Å². The molecule has 1 rings (SSSR count). The first kappa shape index (κ1) is 76.7. The molecule has 0 heterocycles. The van der Waals surface area contributed by atoms with Gasteiger partial charge in [-0.2, -0.15) is 0 Å². The smallest absolute Gasteiger partial charge is 0.466 e. The predicted molar refractivity (Wildman–Crippen MR) is 106 cm³/mol. The minimum absolute atomic E-state index is 0. The molecule has 0 aliphatic rings. The first-order valence-electron chi connectivity index (χ1n) is 6.18. The topological polar surface area (TPSA) is 359 Å². The zero-order valence-corrected chi connectivity index (χ0v) is 26.1. The Bertz CT molecular complexity index is 464. The van der Waals surface area contributed by atoms with Crippen LogP contribution in [0, 0.1) is 0 Å². The zero-order valence-electron chi connectivity index (χ0n) is 19.2. The Morgan fingerprint density at radius 3 is 1.26 bits per heavy atom. The van der Waals surface area contributed by atoms with Gasteiger partial charge in [0.2, 0.25) is 0 Å². The molecule has 0 aliphatic heterocycles. The largest absolute Gasteiger partial charge is 1.00 e. The molecule has 20 N–H and O–H groups in total. The molecule has 0 unspecified atom stereocenters. The summed E-state index contributed by atoms with van der Waals surface area (Å²) in [5.41, 5.74) is 2.00. The van der Waals surface area contributed by atoms with Crippen molar-refractivity contribution in [1.82, 2.24) is 0 Å². The maximum Gasteiger partial charge on any atom is 1.00 e. The van der Waals surface area contributed by atoms with Crippen molar-refractivity contribution in [2.45, 2.75) is 39.5 Å². The van der Waals surface area contributed by atoms with Crippen LogP contribution in [-0.4, -0.2) is 65.9 Å². The van der Waals surface area contributed by atoms with Crippen LogP contribution in [0.4, 0.5) is 0 Å². The maximum absolute atomic E-state index is 10.7. The Kier molecular flexibility index (Phi) is 89.9. The normalized spacial score (nSPS) is 7.48. The zero-order chi connectivity index (χ0) is 14.6. The second-order valence-electron chi connectivity index (χ2n) is 4.96. The van der Waals surface area contributed by atoms with Crippen LogP contribution >= 0.6 is 7.82 Å². The second kappa shape index (κ2) is 36.3. The van der Waals surface area contributed by atoms with Gasteiger partial charge in [-0.3, -0.25) is 0 Å². The van der Waals surface area contributed by atoms with E-state index in [1.807, 2.05) is 45.9 Å². The van der Waals surface area contributed by atoms with Crippen LogP contribution in [-0.2, 0) is 9.09 Å². The van der Waals surface area contributed by atoms with E-state index in [0.717, 1.165) is 11.1 Å². The molecular weight excluding hydrogens is 480 g/mol. The molecule has 0 aliphatic carbocycles.